The van der Waals surface area contributed by atoms with Crippen molar-refractivity contribution in [2.75, 3.05) is 5.32 Å². The zero-order chi connectivity index (χ0) is 15.1. The van der Waals surface area contributed by atoms with Crippen LogP contribution in [0.15, 0.2) is 30.4 Å². The zero-order valence-electron chi connectivity index (χ0n) is 11.5. The van der Waals surface area contributed by atoms with Crippen molar-refractivity contribution >= 4 is 29.2 Å². The van der Waals surface area contributed by atoms with Crippen LogP contribution in [0.25, 0.3) is 0 Å². The Kier molecular flexibility index (Phi) is 3.49. The number of hydrogen-bond donors (Lipinski definition) is 2. The number of aryl methyl sites for hydroxylation is 1. The summed E-state index contributed by atoms with van der Waals surface area (Å²) < 4.78 is 0. The van der Waals surface area contributed by atoms with E-state index in [-0.39, 0.29) is 17.7 Å². The fraction of sp³-hybridized carbons (Fsp3) is 0.375. The van der Waals surface area contributed by atoms with Gasteiger partial charge in [0.15, 0.2) is 0 Å². The number of fused-ring (bicyclic) bond motifs is 2. The number of carboxylic acid groups (broad SMARTS) is 1. The Bertz CT molecular complexity index is 640. The van der Waals surface area contributed by atoms with Crippen LogP contribution in [-0.2, 0) is 9.59 Å². The maximum atomic E-state index is 12.5. The third-order valence-corrected chi connectivity index (χ3v) is 4.74. The molecule has 4 atom stereocenters. The number of carbonyl (C=O) groups is 2. The Labute approximate surface area is 127 Å². The van der Waals surface area contributed by atoms with Crippen molar-refractivity contribution < 1.29 is 14.7 Å². The molecule has 0 unspecified atom stereocenters. The number of hydrogen-bond acceptors (Lipinski definition) is 2. The summed E-state index contributed by atoms with van der Waals surface area (Å²) in [6.07, 6.45) is 4.65. The van der Waals surface area contributed by atoms with E-state index in [0.29, 0.717) is 10.7 Å². The monoisotopic (exact) mass is 305 g/mol. The topological polar surface area (TPSA) is 66.4 Å². The summed E-state index contributed by atoms with van der Waals surface area (Å²) in [6, 6.07) is 5.27. The molecule has 1 fully saturated rings. The second kappa shape index (κ2) is 5.19. The molecule has 3 rings (SSSR count). The highest BCUT2D eigenvalue weighted by Gasteiger charge is 2.51. The van der Waals surface area contributed by atoms with Crippen molar-refractivity contribution in [2.24, 2.45) is 23.7 Å². The van der Waals surface area contributed by atoms with Gasteiger partial charge in [-0.3, -0.25) is 9.59 Å². The molecule has 0 heterocycles. The molecule has 4 nitrogen and oxygen atoms in total. The third kappa shape index (κ3) is 2.44. The summed E-state index contributed by atoms with van der Waals surface area (Å²) in [6.45, 7) is 1.88. The van der Waals surface area contributed by atoms with Crippen LogP contribution in [0, 0.1) is 30.6 Å². The van der Waals surface area contributed by atoms with Crippen molar-refractivity contribution in [3.8, 4) is 0 Å². The Morgan fingerprint density at radius 2 is 1.90 bits per heavy atom. The van der Waals surface area contributed by atoms with Gasteiger partial charge in [-0.05, 0) is 42.9 Å². The highest BCUT2D eigenvalue weighted by molar-refractivity contribution is 6.31. The van der Waals surface area contributed by atoms with Crippen LogP contribution in [0.4, 0.5) is 5.69 Å². The van der Waals surface area contributed by atoms with Gasteiger partial charge >= 0.3 is 5.97 Å². The van der Waals surface area contributed by atoms with Crippen LogP contribution in [0.5, 0.6) is 0 Å². The number of amides is 1. The fourth-order valence-corrected chi connectivity index (χ4v) is 3.63. The van der Waals surface area contributed by atoms with Crippen molar-refractivity contribution in [1.82, 2.24) is 0 Å². The first-order valence-electron chi connectivity index (χ1n) is 6.95. The molecule has 1 amide bonds. The van der Waals surface area contributed by atoms with E-state index in [1.54, 1.807) is 12.1 Å². The van der Waals surface area contributed by atoms with E-state index in [0.717, 1.165) is 12.0 Å². The van der Waals surface area contributed by atoms with E-state index in [1.165, 1.54) is 0 Å². The van der Waals surface area contributed by atoms with E-state index >= 15 is 0 Å². The standard InChI is InChI=1S/C16H16ClNO3/c1-8-2-5-11(17)7-12(8)18-15(19)13-9-3-4-10(6-9)14(13)16(20)21/h2-5,7,9-10,13-14H,6H2,1H3,(H,18,19)(H,20,21)/t9-,10+,13-,14+/m1/s1. The molecule has 2 aliphatic carbocycles. The first-order chi connectivity index (χ1) is 9.97. The number of halogens is 1. The van der Waals surface area contributed by atoms with Crippen molar-refractivity contribution in [3.05, 3.63) is 40.9 Å². The van der Waals surface area contributed by atoms with Crippen LogP contribution in [0.1, 0.15) is 12.0 Å². The first-order valence-corrected chi connectivity index (χ1v) is 7.33. The van der Waals surface area contributed by atoms with Gasteiger partial charge in [-0.1, -0.05) is 29.8 Å². The molecule has 0 radical (unpaired) electrons. The quantitative estimate of drug-likeness (QED) is 0.843. The second-order valence-corrected chi connectivity index (χ2v) is 6.22. The lowest BCUT2D eigenvalue weighted by Crippen LogP contribution is -2.36. The van der Waals surface area contributed by atoms with E-state index in [4.69, 9.17) is 11.6 Å². The van der Waals surface area contributed by atoms with Crippen LogP contribution in [0.3, 0.4) is 0 Å². The highest BCUT2D eigenvalue weighted by atomic mass is 35.5. The molecule has 1 aromatic rings. The minimum atomic E-state index is -0.894. The number of aliphatic carboxylic acids is 1. The van der Waals surface area contributed by atoms with E-state index in [1.807, 2.05) is 25.1 Å². The maximum absolute atomic E-state index is 12.5. The highest BCUT2D eigenvalue weighted by Crippen LogP contribution is 2.48. The number of allylic oxidation sites excluding steroid dienone is 2. The molecule has 2 aliphatic rings. The van der Waals surface area contributed by atoms with E-state index in [9.17, 15) is 14.7 Å². The molecule has 0 aliphatic heterocycles. The maximum Gasteiger partial charge on any atom is 0.307 e. The van der Waals surface area contributed by atoms with Gasteiger partial charge < -0.3 is 10.4 Å². The number of nitrogens with one attached hydrogen (secondary N) is 1. The second-order valence-electron chi connectivity index (χ2n) is 5.79. The smallest absolute Gasteiger partial charge is 0.307 e. The number of carboxylic acids is 1. The molecule has 5 heteroatoms. The van der Waals surface area contributed by atoms with Crippen LogP contribution >= 0.6 is 11.6 Å². The lowest BCUT2D eigenvalue weighted by molar-refractivity contribution is -0.146. The van der Waals surface area contributed by atoms with Gasteiger partial charge in [-0.25, -0.2) is 0 Å². The van der Waals surface area contributed by atoms with E-state index < -0.39 is 17.8 Å². The Morgan fingerprint density at radius 1 is 1.24 bits per heavy atom. The van der Waals surface area contributed by atoms with Crippen LogP contribution < -0.4 is 5.32 Å². The third-order valence-electron chi connectivity index (χ3n) is 4.50. The Morgan fingerprint density at radius 3 is 2.57 bits per heavy atom. The molecule has 1 saturated carbocycles. The van der Waals surface area contributed by atoms with Crippen LogP contribution in [-0.4, -0.2) is 17.0 Å². The molecule has 0 saturated heterocycles. The normalized spacial score (nSPS) is 29.6. The molecule has 110 valence electrons. The summed E-state index contributed by atoms with van der Waals surface area (Å²) in [4.78, 5) is 24.0. The van der Waals surface area contributed by atoms with Gasteiger partial charge in [-0.2, -0.15) is 0 Å². The van der Waals surface area contributed by atoms with Gasteiger partial charge in [0.25, 0.3) is 0 Å². The van der Waals surface area contributed by atoms with Gasteiger partial charge in [0.2, 0.25) is 5.91 Å². The van der Waals surface area contributed by atoms with Crippen LogP contribution in [0.2, 0.25) is 5.02 Å². The largest absolute Gasteiger partial charge is 0.481 e. The molecular weight excluding hydrogens is 290 g/mol. The molecule has 2 bridgehead atoms. The molecule has 2 N–H and O–H groups in total. The van der Waals surface area contributed by atoms with Gasteiger partial charge in [0.05, 0.1) is 11.8 Å². The molecule has 21 heavy (non-hydrogen) atoms. The Balaban J connectivity index is 1.83. The first kappa shape index (κ1) is 14.1. The van der Waals surface area contributed by atoms with E-state index in [2.05, 4.69) is 5.32 Å². The zero-order valence-corrected chi connectivity index (χ0v) is 12.3. The SMILES string of the molecule is Cc1ccc(Cl)cc1NC(=O)[C@H]1[C@@H](C(=O)O)[C@H]2C=C[C@@H]1C2. The summed E-state index contributed by atoms with van der Waals surface area (Å²) >= 11 is 5.95. The van der Waals surface area contributed by atoms with Gasteiger partial charge in [0, 0.05) is 10.7 Å². The summed E-state index contributed by atoms with van der Waals surface area (Å²) in [5.41, 5.74) is 1.54. The number of anilines is 1. The van der Waals surface area contributed by atoms with Crippen molar-refractivity contribution in [3.63, 3.8) is 0 Å². The summed E-state index contributed by atoms with van der Waals surface area (Å²) in [5, 5.41) is 12.8. The van der Waals surface area contributed by atoms with Crippen molar-refractivity contribution in [2.45, 2.75) is 13.3 Å². The molecule has 0 spiro atoms. The molecule has 1 aromatic carbocycles. The average molecular weight is 306 g/mol. The minimum Gasteiger partial charge on any atom is -0.481 e. The minimum absolute atomic E-state index is 0.0237. The number of benzene rings is 1. The van der Waals surface area contributed by atoms with Crippen molar-refractivity contribution in [1.29, 1.82) is 0 Å². The molecular formula is C16H16ClNO3. The Hall–Kier alpha value is -1.81. The molecule has 0 aromatic heterocycles. The number of carbonyl (C=O) groups excluding carboxylic acids is 1. The average Bonchev–Trinajstić information content (AvgIpc) is 3.03. The predicted molar refractivity (Wildman–Crippen MR) is 80.2 cm³/mol. The number of rotatable bonds is 3. The van der Waals surface area contributed by atoms with Gasteiger partial charge in [0.1, 0.15) is 0 Å². The summed E-state index contributed by atoms with van der Waals surface area (Å²) in [5.74, 6) is -2.26. The van der Waals surface area contributed by atoms with Gasteiger partial charge in [-0.15, -0.1) is 0 Å². The fourth-order valence-electron chi connectivity index (χ4n) is 3.46. The lowest BCUT2D eigenvalue weighted by atomic mass is 9.82. The lowest BCUT2D eigenvalue weighted by Gasteiger charge is -2.24. The predicted octanol–water partition coefficient (Wildman–Crippen LogP) is 3.11. The summed E-state index contributed by atoms with van der Waals surface area (Å²) in [7, 11) is 0.